The van der Waals surface area contributed by atoms with Crippen LogP contribution >= 0.6 is 11.6 Å². The first-order valence-corrected chi connectivity index (χ1v) is 13.1. The zero-order valence-electron chi connectivity index (χ0n) is 18.9. The van der Waals surface area contributed by atoms with E-state index < -0.39 is 26.2 Å². The second-order valence-corrected chi connectivity index (χ2v) is 11.7. The van der Waals surface area contributed by atoms with Crippen LogP contribution in [0, 0.1) is 11.6 Å². The number of sulfone groups is 1. The molecule has 34 heavy (non-hydrogen) atoms. The number of allylic oxidation sites excluding steroid dienone is 1. The third kappa shape index (κ3) is 4.76. The predicted molar refractivity (Wildman–Crippen MR) is 127 cm³/mol. The number of carbonyl (C=O) groups excluding carboxylic acids is 1. The van der Waals surface area contributed by atoms with Gasteiger partial charge >= 0.3 is 0 Å². The van der Waals surface area contributed by atoms with E-state index in [4.69, 9.17) is 11.6 Å². The minimum absolute atomic E-state index is 0.00139. The van der Waals surface area contributed by atoms with Crippen LogP contribution in [0.25, 0.3) is 0 Å². The molecule has 0 spiro atoms. The highest BCUT2D eigenvalue weighted by atomic mass is 35.5. The van der Waals surface area contributed by atoms with Gasteiger partial charge in [-0.1, -0.05) is 17.2 Å². The quantitative estimate of drug-likeness (QED) is 0.568. The van der Waals surface area contributed by atoms with E-state index in [1.165, 1.54) is 24.3 Å². The van der Waals surface area contributed by atoms with Gasteiger partial charge < -0.3 is 9.80 Å². The Morgan fingerprint density at radius 3 is 2.24 bits per heavy atom. The van der Waals surface area contributed by atoms with Crippen molar-refractivity contribution in [2.75, 3.05) is 33.2 Å². The van der Waals surface area contributed by atoms with Crippen LogP contribution in [0.2, 0.25) is 5.02 Å². The van der Waals surface area contributed by atoms with Gasteiger partial charge in [0.15, 0.2) is 9.84 Å². The van der Waals surface area contributed by atoms with Crippen molar-refractivity contribution in [3.8, 4) is 0 Å². The second kappa shape index (κ2) is 9.76. The predicted octanol–water partition coefficient (Wildman–Crippen LogP) is 4.56. The summed E-state index contributed by atoms with van der Waals surface area (Å²) in [5.41, 5.74) is 0.648. The molecule has 1 aliphatic carbocycles. The van der Waals surface area contributed by atoms with Crippen molar-refractivity contribution < 1.29 is 22.0 Å². The van der Waals surface area contributed by atoms with Crippen molar-refractivity contribution in [2.24, 2.45) is 0 Å². The Balaban J connectivity index is 1.67. The number of carbonyl (C=O) groups is 1. The SMILES string of the molecule is CN1CCN(C(=O)C=C2CCC(c3cc(F)ccc3F)(S(=O)(=O)c3ccc(Cl)cc3)CC2)CC1. The smallest absolute Gasteiger partial charge is 0.246 e. The summed E-state index contributed by atoms with van der Waals surface area (Å²) in [5, 5.41) is 0.376. The average molecular weight is 509 g/mol. The van der Waals surface area contributed by atoms with E-state index in [-0.39, 0.29) is 29.2 Å². The van der Waals surface area contributed by atoms with Gasteiger partial charge in [0.2, 0.25) is 5.91 Å². The average Bonchev–Trinajstić information content (AvgIpc) is 2.82. The van der Waals surface area contributed by atoms with E-state index in [0.717, 1.165) is 36.9 Å². The fourth-order valence-electron chi connectivity index (χ4n) is 4.78. The molecule has 182 valence electrons. The Kier molecular flexibility index (Phi) is 7.12. The van der Waals surface area contributed by atoms with Crippen molar-refractivity contribution >= 4 is 27.3 Å². The lowest BCUT2D eigenvalue weighted by Crippen LogP contribution is -2.46. The minimum Gasteiger partial charge on any atom is -0.337 e. The van der Waals surface area contributed by atoms with Crippen LogP contribution in [0.5, 0.6) is 0 Å². The monoisotopic (exact) mass is 508 g/mol. The van der Waals surface area contributed by atoms with Crippen molar-refractivity contribution in [2.45, 2.75) is 35.3 Å². The maximum Gasteiger partial charge on any atom is 0.246 e. The molecule has 0 N–H and O–H groups in total. The van der Waals surface area contributed by atoms with Crippen molar-refractivity contribution in [3.63, 3.8) is 0 Å². The first kappa shape index (κ1) is 24.8. The van der Waals surface area contributed by atoms with Crippen LogP contribution < -0.4 is 0 Å². The Morgan fingerprint density at radius 1 is 1.00 bits per heavy atom. The molecule has 1 aliphatic heterocycles. The fourth-order valence-corrected chi connectivity index (χ4v) is 7.04. The van der Waals surface area contributed by atoms with Crippen LogP contribution in [0.15, 0.2) is 59.0 Å². The van der Waals surface area contributed by atoms with Gasteiger partial charge in [-0.2, -0.15) is 0 Å². The molecular weight excluding hydrogens is 482 g/mol. The molecule has 2 aromatic rings. The van der Waals surface area contributed by atoms with E-state index in [1.807, 2.05) is 7.05 Å². The van der Waals surface area contributed by atoms with Gasteiger partial charge in [0.05, 0.1) is 4.90 Å². The van der Waals surface area contributed by atoms with E-state index in [1.54, 1.807) is 11.0 Å². The molecule has 2 aromatic carbocycles. The zero-order chi connectivity index (χ0) is 24.5. The molecule has 1 saturated carbocycles. The molecule has 0 aromatic heterocycles. The van der Waals surface area contributed by atoms with Gasteiger partial charge in [-0.25, -0.2) is 17.2 Å². The number of halogens is 3. The molecule has 0 radical (unpaired) electrons. The maximum atomic E-state index is 15.0. The number of hydrogen-bond acceptors (Lipinski definition) is 4. The van der Waals surface area contributed by atoms with E-state index >= 15 is 0 Å². The fraction of sp³-hybridized carbons (Fsp3) is 0.400. The molecule has 4 rings (SSSR count). The Labute approximate surface area is 203 Å². The first-order chi connectivity index (χ1) is 16.1. The lowest BCUT2D eigenvalue weighted by molar-refractivity contribution is -0.127. The molecule has 2 fully saturated rings. The second-order valence-electron chi connectivity index (χ2n) is 9.01. The van der Waals surface area contributed by atoms with Gasteiger partial charge in [0, 0.05) is 42.8 Å². The molecular formula is C25H27ClF2N2O3S. The van der Waals surface area contributed by atoms with Crippen LogP contribution in [0.1, 0.15) is 31.2 Å². The third-order valence-electron chi connectivity index (χ3n) is 6.90. The standard InChI is InChI=1S/C25H27ClF2N2O3S/c1-29-12-14-30(15-13-29)24(31)16-18-8-10-25(11-9-18,22-17-20(27)4-7-23(22)28)34(32,33)21-5-2-19(26)3-6-21/h2-7,16-17H,8-15H2,1H3. The largest absolute Gasteiger partial charge is 0.337 e. The lowest BCUT2D eigenvalue weighted by atomic mass is 9.80. The topological polar surface area (TPSA) is 57.7 Å². The number of rotatable bonds is 4. The summed E-state index contributed by atoms with van der Waals surface area (Å²) in [5.74, 6) is -1.55. The van der Waals surface area contributed by atoms with Gasteiger partial charge in [-0.3, -0.25) is 4.79 Å². The number of amides is 1. The number of likely N-dealkylation sites (N-methyl/N-ethyl adjacent to an activating group) is 1. The molecule has 1 amide bonds. The molecule has 0 bridgehead atoms. The van der Waals surface area contributed by atoms with Crippen LogP contribution in [-0.4, -0.2) is 57.4 Å². The summed E-state index contributed by atoms with van der Waals surface area (Å²) >= 11 is 5.93. The number of nitrogens with zero attached hydrogens (tertiary/aromatic N) is 2. The Morgan fingerprint density at radius 2 is 1.62 bits per heavy atom. The molecule has 0 unspecified atom stereocenters. The molecule has 2 aliphatic rings. The first-order valence-electron chi connectivity index (χ1n) is 11.2. The third-order valence-corrected chi connectivity index (χ3v) is 9.70. The van der Waals surface area contributed by atoms with E-state index in [2.05, 4.69) is 4.90 Å². The van der Waals surface area contributed by atoms with E-state index in [0.29, 0.717) is 31.0 Å². The minimum atomic E-state index is -4.10. The lowest BCUT2D eigenvalue weighted by Gasteiger charge is -2.38. The molecule has 5 nitrogen and oxygen atoms in total. The van der Waals surface area contributed by atoms with Crippen molar-refractivity contribution in [1.29, 1.82) is 0 Å². The number of benzene rings is 2. The van der Waals surface area contributed by atoms with Crippen molar-refractivity contribution in [3.05, 3.63) is 76.3 Å². The molecule has 0 atom stereocenters. The number of hydrogen-bond donors (Lipinski definition) is 0. The van der Waals surface area contributed by atoms with Crippen molar-refractivity contribution in [1.82, 2.24) is 9.80 Å². The summed E-state index contributed by atoms with van der Waals surface area (Å²) in [4.78, 5) is 16.7. The summed E-state index contributed by atoms with van der Waals surface area (Å²) in [6, 6.07) is 8.63. The van der Waals surface area contributed by atoms with E-state index in [9.17, 15) is 22.0 Å². The normalized spacial score (nSPS) is 22.0. The van der Waals surface area contributed by atoms with Crippen LogP contribution in [-0.2, 0) is 19.4 Å². The van der Waals surface area contributed by atoms with Crippen LogP contribution in [0.4, 0.5) is 8.78 Å². The van der Waals surface area contributed by atoms with Gasteiger partial charge in [-0.15, -0.1) is 0 Å². The van der Waals surface area contributed by atoms with Crippen LogP contribution in [0.3, 0.4) is 0 Å². The highest BCUT2D eigenvalue weighted by Crippen LogP contribution is 2.49. The molecule has 1 heterocycles. The molecule has 1 saturated heterocycles. The van der Waals surface area contributed by atoms with Gasteiger partial charge in [0.1, 0.15) is 16.4 Å². The number of piperazine rings is 1. The Bertz CT molecular complexity index is 1200. The zero-order valence-corrected chi connectivity index (χ0v) is 20.5. The summed E-state index contributed by atoms with van der Waals surface area (Å²) in [7, 11) is -2.10. The molecule has 9 heteroatoms. The summed E-state index contributed by atoms with van der Waals surface area (Å²) < 4.78 is 55.2. The maximum absolute atomic E-state index is 15.0. The van der Waals surface area contributed by atoms with Gasteiger partial charge in [-0.05, 0) is 75.2 Å². The summed E-state index contributed by atoms with van der Waals surface area (Å²) in [6.45, 7) is 2.89. The highest BCUT2D eigenvalue weighted by Gasteiger charge is 2.49. The summed E-state index contributed by atoms with van der Waals surface area (Å²) in [6.07, 6.45) is 2.26. The highest BCUT2D eigenvalue weighted by molar-refractivity contribution is 7.92. The van der Waals surface area contributed by atoms with Gasteiger partial charge in [0.25, 0.3) is 0 Å². The Hall–Kier alpha value is -2.29.